The largest absolute Gasteiger partial charge is 0.480 e. The first-order valence-electron chi connectivity index (χ1n) is 11.0. The molecule has 35 heavy (non-hydrogen) atoms. The summed E-state index contributed by atoms with van der Waals surface area (Å²) in [4.78, 5) is 55.4. The number of carbonyl (C=O) groups excluding carboxylic acids is 3. The van der Waals surface area contributed by atoms with Crippen molar-refractivity contribution in [3.05, 3.63) is 36.0 Å². The number of nitrogens with two attached hydrogens (primary N) is 3. The van der Waals surface area contributed by atoms with Crippen LogP contribution in [0.15, 0.2) is 35.5 Å². The van der Waals surface area contributed by atoms with Crippen molar-refractivity contribution in [2.24, 2.45) is 22.2 Å². The number of nitrogens with one attached hydrogen (secondary N) is 4. The molecule has 0 aliphatic carbocycles. The summed E-state index contributed by atoms with van der Waals surface area (Å²) in [5.74, 6) is -3.10. The number of para-hydroxylation sites is 1. The minimum Gasteiger partial charge on any atom is -0.480 e. The van der Waals surface area contributed by atoms with Gasteiger partial charge in [0, 0.05) is 30.1 Å². The summed E-state index contributed by atoms with van der Waals surface area (Å²) >= 11 is 0. The van der Waals surface area contributed by atoms with E-state index in [4.69, 9.17) is 22.3 Å². The number of amides is 3. The summed E-state index contributed by atoms with van der Waals surface area (Å²) in [6.45, 7) is 1.16. The Morgan fingerprint density at radius 3 is 2.51 bits per heavy atom. The van der Waals surface area contributed by atoms with Crippen LogP contribution in [0.25, 0.3) is 10.9 Å². The van der Waals surface area contributed by atoms with E-state index in [0.29, 0.717) is 19.4 Å². The predicted octanol–water partition coefficient (Wildman–Crippen LogP) is -1.72. The number of aliphatic carboxylic acids is 1. The summed E-state index contributed by atoms with van der Waals surface area (Å²) < 4.78 is 0. The highest BCUT2D eigenvalue weighted by Crippen LogP contribution is 2.19. The summed E-state index contributed by atoms with van der Waals surface area (Å²) in [6.07, 6.45) is 2.64. The van der Waals surface area contributed by atoms with Crippen LogP contribution in [-0.4, -0.2) is 71.0 Å². The lowest BCUT2D eigenvalue weighted by molar-refractivity contribution is -0.141. The van der Waals surface area contributed by atoms with Gasteiger partial charge >= 0.3 is 5.97 Å². The first kappa shape index (κ1) is 27.1. The van der Waals surface area contributed by atoms with E-state index in [1.54, 1.807) is 6.20 Å². The van der Waals surface area contributed by atoms with Crippen LogP contribution in [0, 0.1) is 0 Å². The minimum absolute atomic E-state index is 0.0553. The smallest absolute Gasteiger partial charge is 0.325 e. The molecule has 1 heterocycles. The van der Waals surface area contributed by atoms with Gasteiger partial charge in [0.25, 0.3) is 0 Å². The van der Waals surface area contributed by atoms with Crippen molar-refractivity contribution in [2.45, 2.75) is 44.3 Å². The van der Waals surface area contributed by atoms with Crippen molar-refractivity contribution in [2.75, 3.05) is 13.1 Å². The number of carboxylic acids is 1. The van der Waals surface area contributed by atoms with Crippen molar-refractivity contribution < 1.29 is 24.3 Å². The molecular weight excluding hydrogens is 456 g/mol. The van der Waals surface area contributed by atoms with Crippen LogP contribution < -0.4 is 33.2 Å². The predicted molar refractivity (Wildman–Crippen MR) is 130 cm³/mol. The number of hydrogen-bond donors (Lipinski definition) is 8. The lowest BCUT2D eigenvalue weighted by Gasteiger charge is -2.21. The van der Waals surface area contributed by atoms with E-state index < -0.39 is 48.4 Å². The highest BCUT2D eigenvalue weighted by molar-refractivity contribution is 5.93. The van der Waals surface area contributed by atoms with E-state index in [-0.39, 0.29) is 12.4 Å². The van der Waals surface area contributed by atoms with Gasteiger partial charge in [0.05, 0.1) is 12.6 Å². The first-order valence-corrected chi connectivity index (χ1v) is 11.0. The molecule has 2 rings (SSSR count). The fraction of sp³-hybridized carbons (Fsp3) is 0.409. The van der Waals surface area contributed by atoms with Crippen LogP contribution in [0.1, 0.15) is 25.3 Å². The van der Waals surface area contributed by atoms with Gasteiger partial charge in [-0.25, -0.2) is 0 Å². The molecule has 0 saturated carbocycles. The molecule has 13 nitrogen and oxygen atoms in total. The second-order valence-corrected chi connectivity index (χ2v) is 8.03. The monoisotopic (exact) mass is 488 g/mol. The third-order valence-electron chi connectivity index (χ3n) is 5.21. The Hall–Kier alpha value is -4.13. The average molecular weight is 489 g/mol. The van der Waals surface area contributed by atoms with Crippen LogP contribution in [-0.2, 0) is 25.6 Å². The fourth-order valence-electron chi connectivity index (χ4n) is 3.30. The van der Waals surface area contributed by atoms with Crippen LogP contribution in [0.2, 0.25) is 0 Å². The number of guanidine groups is 1. The molecule has 2 aromatic rings. The van der Waals surface area contributed by atoms with Gasteiger partial charge in [-0.1, -0.05) is 18.2 Å². The molecule has 190 valence electrons. The number of aromatic nitrogens is 1. The van der Waals surface area contributed by atoms with Gasteiger partial charge in [-0.2, -0.15) is 0 Å². The Morgan fingerprint density at radius 1 is 1.11 bits per heavy atom. The van der Waals surface area contributed by atoms with Crippen LogP contribution in [0.4, 0.5) is 0 Å². The Labute approximate surface area is 201 Å². The van der Waals surface area contributed by atoms with Crippen molar-refractivity contribution >= 4 is 40.6 Å². The Bertz CT molecular complexity index is 1080. The first-order chi connectivity index (χ1) is 16.6. The zero-order valence-electron chi connectivity index (χ0n) is 19.4. The zero-order chi connectivity index (χ0) is 26.0. The van der Waals surface area contributed by atoms with Gasteiger partial charge in [-0.15, -0.1) is 0 Å². The quantitative estimate of drug-likeness (QED) is 0.0915. The number of rotatable bonds is 13. The number of nitrogens with zero attached hydrogens (tertiary/aromatic N) is 1. The van der Waals surface area contributed by atoms with E-state index in [1.807, 2.05) is 24.3 Å². The number of benzene rings is 1. The maximum atomic E-state index is 12.9. The molecule has 0 saturated heterocycles. The van der Waals surface area contributed by atoms with Gasteiger partial charge in [-0.05, 0) is 31.4 Å². The van der Waals surface area contributed by atoms with Crippen molar-refractivity contribution in [1.82, 2.24) is 20.9 Å². The van der Waals surface area contributed by atoms with E-state index in [1.165, 1.54) is 6.92 Å². The van der Waals surface area contributed by atoms with Gasteiger partial charge in [0.15, 0.2) is 5.96 Å². The second kappa shape index (κ2) is 12.9. The normalized spacial score (nSPS) is 13.3. The Kier molecular flexibility index (Phi) is 10.0. The molecule has 0 spiro atoms. The van der Waals surface area contributed by atoms with E-state index in [0.717, 1.165) is 16.5 Å². The fourth-order valence-corrected chi connectivity index (χ4v) is 3.30. The standard InChI is InChI=1S/C22H32N8O5/c1-12(21(34)35)29-18(31)11-28-20(33)17(9-13-10-27-16-7-3-2-5-14(13)16)30-19(32)15(23)6-4-8-26-22(24)25/h2-3,5,7,10,12,15,17,27H,4,6,8-9,11,23H2,1H3,(H,28,33)(H,29,31)(H,30,32)(H,34,35)(H4,24,25,26). The summed E-state index contributed by atoms with van der Waals surface area (Å²) in [5.41, 5.74) is 18.2. The minimum atomic E-state index is -1.21. The van der Waals surface area contributed by atoms with E-state index in [9.17, 15) is 19.2 Å². The molecular formula is C22H32N8O5. The molecule has 1 aromatic heterocycles. The van der Waals surface area contributed by atoms with Crippen molar-refractivity contribution in [3.8, 4) is 0 Å². The third-order valence-corrected chi connectivity index (χ3v) is 5.21. The van der Waals surface area contributed by atoms with Gasteiger partial charge in [0.2, 0.25) is 17.7 Å². The summed E-state index contributed by atoms with van der Waals surface area (Å²) in [5, 5.41) is 17.1. The molecule has 0 radical (unpaired) electrons. The molecule has 0 fully saturated rings. The molecule has 3 amide bonds. The van der Waals surface area contributed by atoms with Crippen LogP contribution in [0.5, 0.6) is 0 Å². The third kappa shape index (κ3) is 8.62. The molecule has 0 bridgehead atoms. The number of H-pyrrole nitrogens is 1. The maximum absolute atomic E-state index is 12.9. The van der Waals surface area contributed by atoms with E-state index in [2.05, 4.69) is 25.9 Å². The van der Waals surface area contributed by atoms with Gasteiger partial charge in [0.1, 0.15) is 12.1 Å². The topological polar surface area (TPSA) is 231 Å². The highest BCUT2D eigenvalue weighted by Gasteiger charge is 2.25. The van der Waals surface area contributed by atoms with Crippen molar-refractivity contribution in [3.63, 3.8) is 0 Å². The van der Waals surface area contributed by atoms with E-state index >= 15 is 0 Å². The van der Waals surface area contributed by atoms with Crippen molar-refractivity contribution in [1.29, 1.82) is 0 Å². The van der Waals surface area contributed by atoms with Crippen LogP contribution in [0.3, 0.4) is 0 Å². The Balaban J connectivity index is 2.07. The molecule has 0 aliphatic rings. The Morgan fingerprint density at radius 2 is 1.83 bits per heavy atom. The lowest BCUT2D eigenvalue weighted by atomic mass is 10.0. The molecule has 13 heteroatoms. The van der Waals surface area contributed by atoms with Crippen LogP contribution >= 0.6 is 0 Å². The molecule has 3 atom stereocenters. The number of carboxylic acid groups (broad SMARTS) is 1. The SMILES string of the molecule is CC(NC(=O)CNC(=O)C(Cc1c[nH]c2ccccc12)NC(=O)C(N)CCCN=C(N)N)C(=O)O. The van der Waals surface area contributed by atoms with Gasteiger partial charge < -0.3 is 43.2 Å². The molecule has 1 aromatic carbocycles. The second-order valence-electron chi connectivity index (χ2n) is 8.03. The number of hydrogen-bond acceptors (Lipinski definition) is 6. The number of aliphatic imine (C=N–C) groups is 1. The number of carbonyl (C=O) groups is 4. The summed E-state index contributed by atoms with van der Waals surface area (Å²) in [7, 11) is 0. The zero-order valence-corrected chi connectivity index (χ0v) is 19.4. The highest BCUT2D eigenvalue weighted by atomic mass is 16.4. The molecule has 0 aliphatic heterocycles. The molecule has 3 unspecified atom stereocenters. The maximum Gasteiger partial charge on any atom is 0.325 e. The number of aromatic amines is 1. The number of fused-ring (bicyclic) bond motifs is 1. The molecule has 11 N–H and O–H groups in total. The lowest BCUT2D eigenvalue weighted by Crippen LogP contribution is -2.54. The average Bonchev–Trinajstić information content (AvgIpc) is 3.22. The summed E-state index contributed by atoms with van der Waals surface area (Å²) in [6, 6.07) is 4.44. The van der Waals surface area contributed by atoms with Gasteiger partial charge in [-0.3, -0.25) is 24.2 Å².